The summed E-state index contributed by atoms with van der Waals surface area (Å²) in [4.78, 5) is 36.8. The molecule has 1 spiro atoms. The summed E-state index contributed by atoms with van der Waals surface area (Å²) in [6.45, 7) is 0. The van der Waals surface area contributed by atoms with E-state index in [0.717, 1.165) is 6.07 Å². The molecular weight excluding hydrogens is 408 g/mol. The van der Waals surface area contributed by atoms with E-state index in [4.69, 9.17) is 9.47 Å². The van der Waals surface area contributed by atoms with Crippen molar-refractivity contribution in [3.63, 3.8) is 0 Å². The van der Waals surface area contributed by atoms with Crippen LogP contribution in [0.1, 0.15) is 47.8 Å². The average molecular weight is 420 g/mol. The van der Waals surface area contributed by atoms with Crippen LogP contribution in [0.3, 0.4) is 0 Å². The molecule has 0 radical (unpaired) electrons. The molecule has 154 valence electrons. The first kappa shape index (κ1) is 18.5. The highest BCUT2D eigenvalue weighted by molar-refractivity contribution is 6.07. The molecule has 31 heavy (non-hydrogen) atoms. The number of hydrogen-bond acceptors (Lipinski definition) is 7. The van der Waals surface area contributed by atoms with Crippen molar-refractivity contribution in [3.05, 3.63) is 81.9 Å². The van der Waals surface area contributed by atoms with Crippen molar-refractivity contribution in [2.24, 2.45) is 0 Å². The number of aromatic carboxylic acids is 2. The number of carbonyl (C=O) groups is 3. The quantitative estimate of drug-likeness (QED) is 0.459. The number of hydrogen-bond donors (Lipinski definition) is 4. The first-order valence-electron chi connectivity index (χ1n) is 8.97. The Morgan fingerprint density at radius 1 is 0.839 bits per heavy atom. The molecule has 0 saturated carbocycles. The van der Waals surface area contributed by atoms with Crippen molar-refractivity contribution in [3.8, 4) is 23.0 Å². The third-order valence-electron chi connectivity index (χ3n) is 5.39. The van der Waals surface area contributed by atoms with E-state index in [9.17, 15) is 34.8 Å². The minimum Gasteiger partial charge on any atom is -0.508 e. The van der Waals surface area contributed by atoms with Gasteiger partial charge in [0.2, 0.25) is 0 Å². The number of carboxylic acid groups (broad SMARTS) is 2. The minimum atomic E-state index is -1.87. The maximum atomic E-state index is 12.8. The van der Waals surface area contributed by atoms with Crippen LogP contribution in [0.2, 0.25) is 0 Å². The van der Waals surface area contributed by atoms with Gasteiger partial charge in [0, 0.05) is 23.3 Å². The summed E-state index contributed by atoms with van der Waals surface area (Å²) in [5.41, 5.74) is -3.11. The lowest BCUT2D eigenvalue weighted by Gasteiger charge is -2.37. The zero-order valence-corrected chi connectivity index (χ0v) is 15.4. The molecule has 1 unspecified atom stereocenters. The van der Waals surface area contributed by atoms with E-state index in [1.54, 1.807) is 18.2 Å². The number of ether oxygens (including phenoxy) is 2. The van der Waals surface area contributed by atoms with E-state index in [0.29, 0.717) is 0 Å². The zero-order valence-electron chi connectivity index (χ0n) is 15.4. The third kappa shape index (κ3) is 2.28. The van der Waals surface area contributed by atoms with Crippen LogP contribution in [-0.2, 0) is 10.3 Å². The van der Waals surface area contributed by atoms with Gasteiger partial charge in [-0.25, -0.2) is 14.4 Å². The number of carbonyl (C=O) groups excluding carboxylic acids is 1. The molecule has 0 bridgehead atoms. The van der Waals surface area contributed by atoms with E-state index in [1.165, 1.54) is 24.3 Å². The molecule has 9 nitrogen and oxygen atoms in total. The summed E-state index contributed by atoms with van der Waals surface area (Å²) in [5.74, 6) is -5.25. The fourth-order valence-corrected chi connectivity index (χ4v) is 4.25. The molecule has 0 amide bonds. The van der Waals surface area contributed by atoms with Crippen LogP contribution < -0.4 is 4.74 Å². The van der Waals surface area contributed by atoms with Crippen molar-refractivity contribution in [1.29, 1.82) is 0 Å². The van der Waals surface area contributed by atoms with Gasteiger partial charge >= 0.3 is 17.9 Å². The molecule has 0 fully saturated rings. The van der Waals surface area contributed by atoms with Crippen LogP contribution in [-0.4, -0.2) is 38.3 Å². The van der Waals surface area contributed by atoms with Gasteiger partial charge in [-0.3, -0.25) is 0 Å². The van der Waals surface area contributed by atoms with Crippen molar-refractivity contribution >= 4 is 17.9 Å². The summed E-state index contributed by atoms with van der Waals surface area (Å²) >= 11 is 0. The Kier molecular flexibility index (Phi) is 3.57. The second-order valence-corrected chi connectivity index (χ2v) is 7.03. The lowest BCUT2D eigenvalue weighted by Crippen LogP contribution is -2.35. The maximum absolute atomic E-state index is 12.8. The Labute approximate surface area is 173 Å². The van der Waals surface area contributed by atoms with Gasteiger partial charge in [0.15, 0.2) is 5.60 Å². The monoisotopic (exact) mass is 420 g/mol. The molecule has 2 aliphatic rings. The smallest absolute Gasteiger partial charge is 0.340 e. The van der Waals surface area contributed by atoms with Crippen molar-refractivity contribution in [2.45, 2.75) is 5.60 Å². The molecule has 0 saturated heterocycles. The van der Waals surface area contributed by atoms with Crippen molar-refractivity contribution in [2.75, 3.05) is 0 Å². The predicted octanol–water partition coefficient (Wildman–Crippen LogP) is 3.06. The van der Waals surface area contributed by atoms with E-state index in [2.05, 4.69) is 0 Å². The minimum absolute atomic E-state index is 0.0517. The highest BCUT2D eigenvalue weighted by atomic mass is 16.6. The second kappa shape index (κ2) is 5.99. The number of fused-ring (bicyclic) bond motifs is 6. The van der Waals surface area contributed by atoms with Gasteiger partial charge < -0.3 is 29.9 Å². The van der Waals surface area contributed by atoms with Gasteiger partial charge in [-0.1, -0.05) is 18.2 Å². The summed E-state index contributed by atoms with van der Waals surface area (Å²) in [6, 6.07) is 11.2. The van der Waals surface area contributed by atoms with E-state index < -0.39 is 40.4 Å². The van der Waals surface area contributed by atoms with Gasteiger partial charge in [-0.15, -0.1) is 0 Å². The molecule has 1 atom stereocenters. The van der Waals surface area contributed by atoms with E-state index >= 15 is 0 Å². The van der Waals surface area contributed by atoms with Crippen molar-refractivity contribution in [1.82, 2.24) is 0 Å². The number of phenolic OH excluding ortho intramolecular Hbond substituents is 1. The topological polar surface area (TPSA) is 151 Å². The number of rotatable bonds is 2. The Morgan fingerprint density at radius 2 is 1.55 bits per heavy atom. The Morgan fingerprint density at radius 3 is 2.26 bits per heavy atom. The average Bonchev–Trinajstić information content (AvgIpc) is 3.00. The van der Waals surface area contributed by atoms with E-state index in [-0.39, 0.29) is 39.5 Å². The van der Waals surface area contributed by atoms with Gasteiger partial charge in [0.05, 0.1) is 16.7 Å². The number of esters is 1. The summed E-state index contributed by atoms with van der Waals surface area (Å²) in [5, 5.41) is 39.7. The van der Waals surface area contributed by atoms with Gasteiger partial charge in [-0.05, 0) is 18.2 Å². The molecule has 0 aliphatic carbocycles. The van der Waals surface area contributed by atoms with Gasteiger partial charge in [0.25, 0.3) is 0 Å². The van der Waals surface area contributed by atoms with Gasteiger partial charge in [0.1, 0.15) is 28.6 Å². The molecule has 2 aliphatic heterocycles. The second-order valence-electron chi connectivity index (χ2n) is 7.03. The first-order valence-corrected chi connectivity index (χ1v) is 8.97. The Bertz CT molecular complexity index is 1340. The number of carboxylic acids is 2. The first-order chi connectivity index (χ1) is 14.8. The lowest BCUT2D eigenvalue weighted by molar-refractivity contribution is 0.0215. The predicted molar refractivity (Wildman–Crippen MR) is 102 cm³/mol. The van der Waals surface area contributed by atoms with Crippen LogP contribution >= 0.6 is 0 Å². The highest BCUT2D eigenvalue weighted by Gasteiger charge is 2.56. The third-order valence-corrected chi connectivity index (χ3v) is 5.39. The molecule has 9 heteroatoms. The number of benzene rings is 3. The summed E-state index contributed by atoms with van der Waals surface area (Å²) in [7, 11) is 0. The number of phenols is 2. The van der Waals surface area contributed by atoms with Crippen LogP contribution in [0.15, 0.2) is 48.5 Å². The normalized spacial score (nSPS) is 17.9. The summed E-state index contributed by atoms with van der Waals surface area (Å²) in [6.07, 6.45) is 0. The molecule has 3 aromatic carbocycles. The van der Waals surface area contributed by atoms with Crippen LogP contribution in [0, 0.1) is 0 Å². The zero-order chi connectivity index (χ0) is 22.1. The molecule has 3 aromatic rings. The SMILES string of the molecule is O=C1OC2(c3ccc(O)cc3Oc3cc(O)c(C(=O)O)c(C(=O)O)c32)c2ccccc21. The van der Waals surface area contributed by atoms with Gasteiger partial charge in [-0.2, -0.15) is 0 Å². The largest absolute Gasteiger partial charge is 0.508 e. The Hall–Kier alpha value is -4.53. The molecular formula is C22H12O9. The summed E-state index contributed by atoms with van der Waals surface area (Å²) < 4.78 is 11.5. The van der Waals surface area contributed by atoms with Crippen LogP contribution in [0.5, 0.6) is 23.0 Å². The maximum Gasteiger partial charge on any atom is 0.340 e. The number of aromatic hydroxyl groups is 2. The van der Waals surface area contributed by atoms with Crippen molar-refractivity contribution < 1.29 is 44.3 Å². The fraction of sp³-hybridized carbons (Fsp3) is 0.0455. The fourth-order valence-electron chi connectivity index (χ4n) is 4.25. The lowest BCUT2D eigenvalue weighted by atomic mass is 9.74. The molecule has 5 rings (SSSR count). The highest BCUT2D eigenvalue weighted by Crippen LogP contribution is 2.58. The molecule has 2 heterocycles. The Balaban J connectivity index is 2.01. The van der Waals surface area contributed by atoms with Crippen LogP contribution in [0.25, 0.3) is 0 Å². The van der Waals surface area contributed by atoms with E-state index in [1.807, 2.05) is 0 Å². The standard InChI is InChI=1S/C22H12O9/c23-9-5-6-12-14(7-9)30-15-8-13(24)16(19(25)26)17(20(27)28)18(15)22(12)11-4-2-1-3-10(11)21(29)31-22/h1-8,23-24H,(H,25,26)(H,27,28). The van der Waals surface area contributed by atoms with Crippen LogP contribution in [0.4, 0.5) is 0 Å². The molecule has 4 N–H and O–H groups in total. The molecule has 0 aromatic heterocycles.